The molecule has 1 aliphatic heterocycles. The minimum Gasteiger partial charge on any atom is -0.379 e. The number of ether oxygens (including phenoxy) is 1. The monoisotopic (exact) mass is 272 g/mol. The molecular formula is C13H24N2O2S. The minimum atomic E-state index is -0.0203. The Hall–Kier alpha value is -0.260. The molecule has 2 N–H and O–H groups in total. The van der Waals surface area contributed by atoms with Crippen LogP contribution in [0.25, 0.3) is 0 Å². The van der Waals surface area contributed by atoms with Crippen molar-refractivity contribution in [2.24, 2.45) is 5.92 Å². The summed E-state index contributed by atoms with van der Waals surface area (Å²) < 4.78 is 5.43. The highest BCUT2D eigenvalue weighted by atomic mass is 32.2. The second-order valence-corrected chi connectivity index (χ2v) is 6.21. The van der Waals surface area contributed by atoms with Gasteiger partial charge in [0.2, 0.25) is 5.91 Å². The number of carbonyl (C=O) groups excluding carboxylic acids is 1. The first kappa shape index (κ1) is 14.2. The average molecular weight is 272 g/mol. The van der Waals surface area contributed by atoms with Crippen molar-refractivity contribution in [2.75, 3.05) is 26.0 Å². The molecule has 0 aromatic rings. The normalized spacial score (nSPS) is 35.9. The highest BCUT2D eigenvalue weighted by Gasteiger charge is 2.36. The summed E-state index contributed by atoms with van der Waals surface area (Å²) in [6.07, 6.45) is 5.71. The molecule has 1 aliphatic carbocycles. The van der Waals surface area contributed by atoms with Crippen molar-refractivity contribution in [1.82, 2.24) is 10.6 Å². The number of thioether (sulfide) groups is 1. The van der Waals surface area contributed by atoms with Gasteiger partial charge in [-0.15, -0.1) is 0 Å². The number of hydrogen-bond acceptors (Lipinski definition) is 4. The molecule has 0 spiro atoms. The first-order chi connectivity index (χ1) is 8.76. The van der Waals surface area contributed by atoms with E-state index in [0.29, 0.717) is 24.5 Å². The third kappa shape index (κ3) is 3.19. The third-order valence-corrected chi connectivity index (χ3v) is 5.14. The van der Waals surface area contributed by atoms with Crippen molar-refractivity contribution in [2.45, 2.75) is 43.5 Å². The van der Waals surface area contributed by atoms with Crippen molar-refractivity contribution in [3.63, 3.8) is 0 Å². The topological polar surface area (TPSA) is 50.4 Å². The molecule has 0 radical (unpaired) electrons. The van der Waals surface area contributed by atoms with Crippen LogP contribution in [0.15, 0.2) is 0 Å². The Morgan fingerprint density at radius 2 is 2.17 bits per heavy atom. The SMILES string of the molecule is CCNC1COCC1C(=O)NC1CCCC1SC. The van der Waals surface area contributed by atoms with E-state index in [0.717, 1.165) is 13.0 Å². The molecule has 1 saturated heterocycles. The van der Waals surface area contributed by atoms with E-state index in [1.165, 1.54) is 12.8 Å². The fraction of sp³-hybridized carbons (Fsp3) is 0.923. The van der Waals surface area contributed by atoms with Crippen molar-refractivity contribution in [3.05, 3.63) is 0 Å². The average Bonchev–Trinajstić information content (AvgIpc) is 2.98. The van der Waals surface area contributed by atoms with E-state index in [-0.39, 0.29) is 17.9 Å². The van der Waals surface area contributed by atoms with E-state index in [9.17, 15) is 4.79 Å². The van der Waals surface area contributed by atoms with Crippen molar-refractivity contribution < 1.29 is 9.53 Å². The van der Waals surface area contributed by atoms with Crippen LogP contribution in [-0.4, -0.2) is 49.3 Å². The fourth-order valence-corrected chi connectivity index (χ4v) is 3.87. The summed E-state index contributed by atoms with van der Waals surface area (Å²) in [4.78, 5) is 12.3. The largest absolute Gasteiger partial charge is 0.379 e. The van der Waals surface area contributed by atoms with Gasteiger partial charge in [0.1, 0.15) is 0 Å². The van der Waals surface area contributed by atoms with Gasteiger partial charge in [0.25, 0.3) is 0 Å². The van der Waals surface area contributed by atoms with Gasteiger partial charge in [-0.1, -0.05) is 13.3 Å². The lowest BCUT2D eigenvalue weighted by atomic mass is 10.0. The maximum atomic E-state index is 12.3. The summed E-state index contributed by atoms with van der Waals surface area (Å²) in [7, 11) is 0. The predicted molar refractivity (Wildman–Crippen MR) is 74.9 cm³/mol. The van der Waals surface area contributed by atoms with E-state index in [4.69, 9.17) is 4.74 Å². The van der Waals surface area contributed by atoms with E-state index in [1.807, 2.05) is 11.8 Å². The maximum absolute atomic E-state index is 12.3. The Morgan fingerprint density at radius 3 is 2.89 bits per heavy atom. The highest BCUT2D eigenvalue weighted by Crippen LogP contribution is 2.28. The van der Waals surface area contributed by atoms with Gasteiger partial charge in [-0.3, -0.25) is 4.79 Å². The maximum Gasteiger partial charge on any atom is 0.227 e. The lowest BCUT2D eigenvalue weighted by molar-refractivity contribution is -0.126. The molecule has 1 saturated carbocycles. The molecular weight excluding hydrogens is 248 g/mol. The summed E-state index contributed by atoms with van der Waals surface area (Å²) >= 11 is 1.87. The van der Waals surface area contributed by atoms with Gasteiger partial charge in [0, 0.05) is 17.3 Å². The van der Waals surface area contributed by atoms with Crippen LogP contribution in [0.1, 0.15) is 26.2 Å². The standard InChI is InChI=1S/C13H24N2O2S/c1-3-14-11-8-17-7-9(11)13(16)15-10-5-4-6-12(10)18-2/h9-12,14H,3-8H2,1-2H3,(H,15,16). The molecule has 2 fully saturated rings. The third-order valence-electron chi connectivity index (χ3n) is 3.97. The second kappa shape index (κ2) is 6.78. The van der Waals surface area contributed by atoms with Gasteiger partial charge in [-0.05, 0) is 25.6 Å². The molecule has 5 heteroatoms. The van der Waals surface area contributed by atoms with Crippen LogP contribution < -0.4 is 10.6 Å². The Bertz CT molecular complexity index is 288. The van der Waals surface area contributed by atoms with Gasteiger partial charge >= 0.3 is 0 Å². The first-order valence-electron chi connectivity index (χ1n) is 6.90. The highest BCUT2D eigenvalue weighted by molar-refractivity contribution is 7.99. The number of carbonyl (C=O) groups is 1. The Morgan fingerprint density at radius 1 is 1.33 bits per heavy atom. The van der Waals surface area contributed by atoms with Crippen LogP contribution in [0.4, 0.5) is 0 Å². The summed E-state index contributed by atoms with van der Waals surface area (Å²) in [6.45, 7) is 4.16. The van der Waals surface area contributed by atoms with E-state index < -0.39 is 0 Å². The number of likely N-dealkylation sites (N-methyl/N-ethyl adjacent to an activating group) is 1. The fourth-order valence-electron chi connectivity index (χ4n) is 2.94. The quantitative estimate of drug-likeness (QED) is 0.784. The molecule has 0 aromatic carbocycles. The number of rotatable bonds is 5. The van der Waals surface area contributed by atoms with Gasteiger partial charge in [0.15, 0.2) is 0 Å². The summed E-state index contributed by atoms with van der Waals surface area (Å²) in [5.41, 5.74) is 0. The van der Waals surface area contributed by atoms with Gasteiger partial charge in [-0.2, -0.15) is 11.8 Å². The van der Waals surface area contributed by atoms with Gasteiger partial charge < -0.3 is 15.4 Å². The van der Waals surface area contributed by atoms with Crippen LogP contribution >= 0.6 is 11.8 Å². The molecule has 0 aromatic heterocycles. The van der Waals surface area contributed by atoms with Crippen molar-refractivity contribution >= 4 is 17.7 Å². The van der Waals surface area contributed by atoms with Crippen molar-refractivity contribution in [3.8, 4) is 0 Å². The second-order valence-electron chi connectivity index (χ2n) is 5.13. The number of hydrogen-bond donors (Lipinski definition) is 2. The summed E-state index contributed by atoms with van der Waals surface area (Å²) in [6, 6.07) is 0.541. The zero-order chi connectivity index (χ0) is 13.0. The van der Waals surface area contributed by atoms with Gasteiger partial charge in [-0.25, -0.2) is 0 Å². The van der Waals surface area contributed by atoms with Crippen LogP contribution in [0.3, 0.4) is 0 Å². The molecule has 1 heterocycles. The van der Waals surface area contributed by atoms with Crippen LogP contribution in [0, 0.1) is 5.92 Å². The summed E-state index contributed by atoms with van der Waals surface area (Å²) in [5, 5.41) is 7.16. The molecule has 0 bridgehead atoms. The molecule has 104 valence electrons. The molecule has 4 nitrogen and oxygen atoms in total. The molecule has 18 heavy (non-hydrogen) atoms. The van der Waals surface area contributed by atoms with Crippen LogP contribution in [0.5, 0.6) is 0 Å². The van der Waals surface area contributed by atoms with Gasteiger partial charge in [0.05, 0.1) is 19.1 Å². The smallest absolute Gasteiger partial charge is 0.227 e. The first-order valence-corrected chi connectivity index (χ1v) is 8.19. The molecule has 1 amide bonds. The van der Waals surface area contributed by atoms with Crippen molar-refractivity contribution in [1.29, 1.82) is 0 Å². The Kier molecular flexibility index (Phi) is 5.33. The lowest BCUT2D eigenvalue weighted by Crippen LogP contribution is -2.48. The van der Waals surface area contributed by atoms with E-state index in [1.54, 1.807) is 0 Å². The van der Waals surface area contributed by atoms with Crippen LogP contribution in [-0.2, 0) is 9.53 Å². The number of nitrogens with one attached hydrogen (secondary N) is 2. The zero-order valence-electron chi connectivity index (χ0n) is 11.3. The lowest BCUT2D eigenvalue weighted by Gasteiger charge is -2.23. The Labute approximate surface area is 114 Å². The Balaban J connectivity index is 1.87. The molecule has 2 aliphatic rings. The van der Waals surface area contributed by atoms with Crippen LogP contribution in [0.2, 0.25) is 0 Å². The molecule has 2 rings (SSSR count). The molecule has 4 atom stereocenters. The van der Waals surface area contributed by atoms with E-state index in [2.05, 4.69) is 23.8 Å². The summed E-state index contributed by atoms with van der Waals surface area (Å²) in [5.74, 6) is 0.150. The minimum absolute atomic E-state index is 0.0203. The number of amides is 1. The van der Waals surface area contributed by atoms with E-state index >= 15 is 0 Å². The predicted octanol–water partition coefficient (Wildman–Crippen LogP) is 1.01. The molecule has 4 unspecified atom stereocenters. The zero-order valence-corrected chi connectivity index (χ0v) is 12.1.